The van der Waals surface area contributed by atoms with Crippen molar-refractivity contribution in [2.75, 3.05) is 23.4 Å². The number of aliphatic hydroxyl groups is 1. The van der Waals surface area contributed by atoms with Crippen molar-refractivity contribution in [2.24, 2.45) is 0 Å². The van der Waals surface area contributed by atoms with Crippen LogP contribution in [0, 0.1) is 0 Å². The predicted molar refractivity (Wildman–Crippen MR) is 67.1 cm³/mol. The minimum atomic E-state index is -0.338. The molecule has 0 aliphatic rings. The lowest BCUT2D eigenvalue weighted by Crippen LogP contribution is -2.41. The number of aliphatic hydroxyl groups excluding tert-OH is 1. The second-order valence-electron chi connectivity index (χ2n) is 3.94. The van der Waals surface area contributed by atoms with Crippen LogP contribution in [-0.2, 0) is 0 Å². The smallest absolute Gasteiger partial charge is 0.149 e. The standard InChI is InChI=1S/C11H20N4O/c1-3-11(4-2,7-16)15-9-6-5-8(12)10(13)14-9/h5-6,16H,3-4,7,12H2,1-2H3,(H3,13,14,15). The molecule has 16 heavy (non-hydrogen) atoms. The molecule has 1 aromatic rings. The van der Waals surface area contributed by atoms with Gasteiger partial charge in [0.2, 0.25) is 0 Å². The van der Waals surface area contributed by atoms with Crippen molar-refractivity contribution in [3.63, 3.8) is 0 Å². The molecule has 0 unspecified atom stereocenters. The lowest BCUT2D eigenvalue weighted by atomic mass is 9.94. The van der Waals surface area contributed by atoms with Crippen LogP contribution in [0.1, 0.15) is 26.7 Å². The van der Waals surface area contributed by atoms with E-state index in [0.717, 1.165) is 12.8 Å². The molecular formula is C11H20N4O. The number of hydrogen-bond donors (Lipinski definition) is 4. The van der Waals surface area contributed by atoms with Gasteiger partial charge in [0.1, 0.15) is 11.6 Å². The van der Waals surface area contributed by atoms with Crippen molar-refractivity contribution in [3.05, 3.63) is 12.1 Å². The monoisotopic (exact) mass is 224 g/mol. The number of nitrogen functional groups attached to an aromatic ring is 2. The SMILES string of the molecule is CCC(CC)(CO)Nc1ccc(N)c(N)n1. The summed E-state index contributed by atoms with van der Waals surface area (Å²) in [4.78, 5) is 4.13. The third kappa shape index (κ3) is 2.55. The Morgan fingerprint density at radius 1 is 1.31 bits per heavy atom. The fraction of sp³-hybridized carbons (Fsp3) is 0.545. The van der Waals surface area contributed by atoms with Gasteiger partial charge in [-0.15, -0.1) is 0 Å². The summed E-state index contributed by atoms with van der Waals surface area (Å²) < 4.78 is 0. The van der Waals surface area contributed by atoms with E-state index in [0.29, 0.717) is 17.3 Å². The topological polar surface area (TPSA) is 97.2 Å². The second kappa shape index (κ2) is 5.03. The lowest BCUT2D eigenvalue weighted by Gasteiger charge is -2.31. The summed E-state index contributed by atoms with van der Waals surface area (Å²) in [5.41, 5.74) is 11.3. The van der Waals surface area contributed by atoms with Crippen molar-refractivity contribution < 1.29 is 5.11 Å². The second-order valence-corrected chi connectivity index (χ2v) is 3.94. The highest BCUT2D eigenvalue weighted by atomic mass is 16.3. The Morgan fingerprint density at radius 3 is 2.38 bits per heavy atom. The van der Waals surface area contributed by atoms with Gasteiger partial charge in [-0.05, 0) is 25.0 Å². The first-order chi connectivity index (χ1) is 7.56. The van der Waals surface area contributed by atoms with Crippen LogP contribution < -0.4 is 16.8 Å². The third-order valence-corrected chi connectivity index (χ3v) is 3.01. The van der Waals surface area contributed by atoms with Crippen LogP contribution in [0.4, 0.5) is 17.3 Å². The van der Waals surface area contributed by atoms with Crippen molar-refractivity contribution in [3.8, 4) is 0 Å². The summed E-state index contributed by atoms with van der Waals surface area (Å²) in [5, 5.41) is 12.6. The molecule has 0 spiro atoms. The average molecular weight is 224 g/mol. The van der Waals surface area contributed by atoms with E-state index >= 15 is 0 Å². The van der Waals surface area contributed by atoms with Crippen LogP contribution in [0.25, 0.3) is 0 Å². The van der Waals surface area contributed by atoms with Gasteiger partial charge in [0.15, 0.2) is 0 Å². The van der Waals surface area contributed by atoms with E-state index in [9.17, 15) is 5.11 Å². The van der Waals surface area contributed by atoms with E-state index < -0.39 is 0 Å². The quantitative estimate of drug-likeness (QED) is 0.602. The van der Waals surface area contributed by atoms with Gasteiger partial charge >= 0.3 is 0 Å². The molecule has 0 amide bonds. The summed E-state index contributed by atoms with van der Waals surface area (Å²) in [6.45, 7) is 4.10. The van der Waals surface area contributed by atoms with Crippen LogP contribution in [0.5, 0.6) is 0 Å². The summed E-state index contributed by atoms with van der Waals surface area (Å²) in [6.07, 6.45) is 1.62. The van der Waals surface area contributed by atoms with Crippen molar-refractivity contribution in [2.45, 2.75) is 32.2 Å². The summed E-state index contributed by atoms with van der Waals surface area (Å²) in [5.74, 6) is 0.952. The molecule has 1 rings (SSSR count). The number of hydrogen-bond acceptors (Lipinski definition) is 5. The Hall–Kier alpha value is -1.49. The first-order valence-corrected chi connectivity index (χ1v) is 5.48. The Morgan fingerprint density at radius 2 is 1.94 bits per heavy atom. The maximum Gasteiger partial charge on any atom is 0.149 e. The van der Waals surface area contributed by atoms with Gasteiger partial charge in [0.25, 0.3) is 0 Å². The summed E-state index contributed by atoms with van der Waals surface area (Å²) in [7, 11) is 0. The number of rotatable bonds is 5. The highest BCUT2D eigenvalue weighted by Crippen LogP contribution is 2.22. The highest BCUT2D eigenvalue weighted by Gasteiger charge is 2.25. The number of anilines is 3. The molecule has 0 saturated heterocycles. The van der Waals surface area contributed by atoms with E-state index in [1.807, 2.05) is 13.8 Å². The van der Waals surface area contributed by atoms with Crippen molar-refractivity contribution >= 4 is 17.3 Å². The zero-order chi connectivity index (χ0) is 12.2. The van der Waals surface area contributed by atoms with E-state index in [2.05, 4.69) is 10.3 Å². The summed E-state index contributed by atoms with van der Waals surface area (Å²) >= 11 is 0. The Balaban J connectivity index is 2.89. The van der Waals surface area contributed by atoms with E-state index in [1.165, 1.54) is 0 Å². The number of aromatic nitrogens is 1. The maximum atomic E-state index is 9.42. The molecule has 0 aromatic carbocycles. The largest absolute Gasteiger partial charge is 0.396 e. The molecule has 5 nitrogen and oxygen atoms in total. The molecule has 0 fully saturated rings. The van der Waals surface area contributed by atoms with Gasteiger partial charge in [-0.1, -0.05) is 13.8 Å². The molecule has 6 N–H and O–H groups in total. The number of nitrogens with one attached hydrogen (secondary N) is 1. The Labute approximate surface area is 95.9 Å². The lowest BCUT2D eigenvalue weighted by molar-refractivity contribution is 0.202. The van der Waals surface area contributed by atoms with Gasteiger partial charge < -0.3 is 21.9 Å². The van der Waals surface area contributed by atoms with Crippen LogP contribution in [-0.4, -0.2) is 22.2 Å². The molecule has 0 saturated carbocycles. The van der Waals surface area contributed by atoms with Crippen LogP contribution in [0.3, 0.4) is 0 Å². The van der Waals surface area contributed by atoms with Gasteiger partial charge in [0.05, 0.1) is 17.8 Å². The van der Waals surface area contributed by atoms with Crippen molar-refractivity contribution in [1.29, 1.82) is 0 Å². The first-order valence-electron chi connectivity index (χ1n) is 5.48. The van der Waals surface area contributed by atoms with Crippen LogP contribution in [0.2, 0.25) is 0 Å². The van der Waals surface area contributed by atoms with Gasteiger partial charge in [-0.3, -0.25) is 0 Å². The molecule has 0 aliphatic heterocycles. The molecule has 5 heteroatoms. The minimum Gasteiger partial charge on any atom is -0.396 e. The van der Waals surface area contributed by atoms with E-state index in [-0.39, 0.29) is 12.1 Å². The fourth-order valence-electron chi connectivity index (χ4n) is 1.52. The molecule has 0 atom stereocenters. The average Bonchev–Trinajstić information content (AvgIpc) is 2.31. The number of pyridine rings is 1. The highest BCUT2D eigenvalue weighted by molar-refractivity contribution is 5.61. The zero-order valence-electron chi connectivity index (χ0n) is 9.83. The van der Waals surface area contributed by atoms with E-state index in [4.69, 9.17) is 11.5 Å². The molecule has 0 aliphatic carbocycles. The fourth-order valence-corrected chi connectivity index (χ4v) is 1.52. The minimum absolute atomic E-state index is 0.0615. The molecule has 90 valence electrons. The molecule has 0 bridgehead atoms. The van der Waals surface area contributed by atoms with Gasteiger partial charge in [-0.2, -0.15) is 0 Å². The predicted octanol–water partition coefficient (Wildman–Crippen LogP) is 1.21. The number of nitrogens with zero attached hydrogens (tertiary/aromatic N) is 1. The van der Waals surface area contributed by atoms with Crippen LogP contribution in [0.15, 0.2) is 12.1 Å². The summed E-state index contributed by atoms with van der Waals surface area (Å²) in [6, 6.07) is 3.47. The maximum absolute atomic E-state index is 9.42. The van der Waals surface area contributed by atoms with E-state index in [1.54, 1.807) is 12.1 Å². The van der Waals surface area contributed by atoms with Crippen molar-refractivity contribution in [1.82, 2.24) is 4.98 Å². The van der Waals surface area contributed by atoms with Gasteiger partial charge in [-0.25, -0.2) is 4.98 Å². The normalized spacial score (nSPS) is 11.4. The third-order valence-electron chi connectivity index (χ3n) is 3.01. The molecule has 0 radical (unpaired) electrons. The molecule has 1 heterocycles. The zero-order valence-corrected chi connectivity index (χ0v) is 9.83. The molecule has 1 aromatic heterocycles. The van der Waals surface area contributed by atoms with Crippen LogP contribution >= 0.6 is 0 Å². The Bertz CT molecular complexity index is 342. The van der Waals surface area contributed by atoms with Gasteiger partial charge in [0, 0.05) is 0 Å². The Kier molecular flexibility index (Phi) is 3.95. The first kappa shape index (κ1) is 12.6. The molecular weight excluding hydrogens is 204 g/mol. The number of nitrogens with two attached hydrogens (primary N) is 2.